The Morgan fingerprint density at radius 2 is 0.898 bits per heavy atom. The van der Waals surface area contributed by atoms with Crippen LogP contribution in [0.3, 0.4) is 0 Å². The van der Waals surface area contributed by atoms with Gasteiger partial charge in [0, 0.05) is 37.7 Å². The Labute approximate surface area is 350 Å². The Bertz CT molecular complexity index is 2880. The fourth-order valence-electron chi connectivity index (χ4n) is 10.0. The topological polar surface area (TPSA) is 35.6 Å². The van der Waals surface area contributed by atoms with Crippen LogP contribution in [-0.2, 0) is 0 Å². The van der Waals surface area contributed by atoms with E-state index in [1.165, 1.54) is 107 Å². The summed E-state index contributed by atoms with van der Waals surface area (Å²) in [7, 11) is 0. The number of hydrogen-bond donors (Lipinski definition) is 0. The second kappa shape index (κ2) is 15.6. The van der Waals surface area contributed by atoms with Gasteiger partial charge in [0.05, 0.1) is 38.9 Å². The van der Waals surface area contributed by atoms with Crippen molar-refractivity contribution >= 4 is 31.5 Å². The lowest BCUT2D eigenvalue weighted by Gasteiger charge is -2.24. The van der Waals surface area contributed by atoms with E-state index in [2.05, 4.69) is 167 Å². The Morgan fingerprint density at radius 1 is 0.424 bits per heavy atom. The van der Waals surface area contributed by atoms with Gasteiger partial charge in [-0.05, 0) is 79.0 Å². The average Bonchev–Trinajstić information content (AvgIpc) is 4.07. The third-order valence-electron chi connectivity index (χ3n) is 13.0. The molecule has 2 aliphatic carbocycles. The van der Waals surface area contributed by atoms with E-state index in [9.17, 15) is 0 Å². The van der Waals surface area contributed by atoms with Gasteiger partial charge in [0.2, 0.25) is 0 Å². The molecule has 0 bridgehead atoms. The van der Waals surface area contributed by atoms with Crippen molar-refractivity contribution in [2.75, 3.05) is 0 Å². The highest BCUT2D eigenvalue weighted by Crippen LogP contribution is 2.50. The summed E-state index contributed by atoms with van der Waals surface area (Å²) in [5, 5.41) is 13.7. The van der Waals surface area contributed by atoms with Gasteiger partial charge in [-0.2, -0.15) is 10.2 Å². The Kier molecular flexibility index (Phi) is 9.55. The molecule has 3 aromatic heterocycles. The molecule has 2 fully saturated rings. The molecule has 59 heavy (non-hydrogen) atoms. The fraction of sp³-hybridized carbons (Fsp3) is 0.222. The Morgan fingerprint density at radius 3 is 1.44 bits per heavy atom. The molecular formula is C54H48N4S. The first-order chi connectivity index (χ1) is 29.3. The first-order valence-corrected chi connectivity index (χ1v) is 22.5. The molecule has 0 unspecified atom stereocenters. The lowest BCUT2D eigenvalue weighted by Crippen LogP contribution is -2.07. The second-order valence-corrected chi connectivity index (χ2v) is 17.7. The summed E-state index contributed by atoms with van der Waals surface area (Å²) >= 11 is 2.01. The van der Waals surface area contributed by atoms with Gasteiger partial charge in [-0.3, -0.25) is 0 Å². The van der Waals surface area contributed by atoms with E-state index in [0.717, 1.165) is 45.3 Å². The minimum absolute atomic E-state index is 0.513. The van der Waals surface area contributed by atoms with Crippen molar-refractivity contribution in [3.63, 3.8) is 0 Å². The van der Waals surface area contributed by atoms with Crippen LogP contribution in [0.2, 0.25) is 0 Å². The van der Waals surface area contributed by atoms with Crippen LogP contribution < -0.4 is 0 Å². The molecule has 9 aromatic rings. The van der Waals surface area contributed by atoms with E-state index >= 15 is 0 Å². The summed E-state index contributed by atoms with van der Waals surface area (Å²) in [5.74, 6) is 1.06. The predicted octanol–water partition coefficient (Wildman–Crippen LogP) is 15.2. The third kappa shape index (κ3) is 6.72. The van der Waals surface area contributed by atoms with Gasteiger partial charge >= 0.3 is 0 Å². The van der Waals surface area contributed by atoms with E-state index in [-0.39, 0.29) is 0 Å². The normalized spacial score (nSPS) is 15.3. The minimum Gasteiger partial charge on any atom is -0.232 e. The van der Waals surface area contributed by atoms with Crippen LogP contribution in [0.1, 0.15) is 87.2 Å². The maximum absolute atomic E-state index is 5.45. The molecule has 0 spiro atoms. The molecule has 6 aromatic carbocycles. The highest BCUT2D eigenvalue weighted by Gasteiger charge is 2.28. The molecule has 290 valence electrons. The van der Waals surface area contributed by atoms with Crippen molar-refractivity contribution in [3.8, 4) is 56.4 Å². The summed E-state index contributed by atoms with van der Waals surface area (Å²) in [6.07, 6.45) is 12.8. The van der Waals surface area contributed by atoms with Gasteiger partial charge < -0.3 is 0 Å². The number of hydrogen-bond acceptors (Lipinski definition) is 3. The van der Waals surface area contributed by atoms with Crippen LogP contribution in [0.5, 0.6) is 0 Å². The monoisotopic (exact) mass is 784 g/mol. The van der Waals surface area contributed by atoms with E-state index < -0.39 is 0 Å². The molecule has 0 amide bonds. The quantitative estimate of drug-likeness (QED) is 0.154. The van der Waals surface area contributed by atoms with Crippen LogP contribution >= 0.6 is 11.3 Å². The number of fused-ring (bicyclic) bond motifs is 3. The first-order valence-electron chi connectivity index (χ1n) is 21.7. The molecule has 0 aliphatic heterocycles. The standard InChI is InChI=1S/C54H48N4S/c1-7-19-37(20-8-1)44-31-32-49(58-51(42-29-17-6-18-30-42)36-48(56-58)40-25-13-4-14-26-40)54-52(44)46-34-43(33-45(53(46)59-54)38-21-9-2-10-22-38)57-50(41-27-15-5-16-28-41)35-47(55-57)39-23-11-3-12-24-39/h3-6,11-18,23-38H,1-2,7-10,19-22H2. The van der Waals surface area contributed by atoms with Gasteiger partial charge in [0.15, 0.2) is 0 Å². The summed E-state index contributed by atoms with van der Waals surface area (Å²) < 4.78 is 7.26. The van der Waals surface area contributed by atoms with Crippen molar-refractivity contribution in [1.82, 2.24) is 19.6 Å². The lowest BCUT2D eigenvalue weighted by molar-refractivity contribution is 0.445. The number of thiophene rings is 1. The molecule has 2 saturated carbocycles. The predicted molar refractivity (Wildman–Crippen MR) is 247 cm³/mol. The molecule has 0 radical (unpaired) electrons. The maximum Gasteiger partial charge on any atom is 0.0934 e. The number of nitrogens with zero attached hydrogens (tertiary/aromatic N) is 4. The zero-order chi connectivity index (χ0) is 39.1. The van der Waals surface area contributed by atoms with Gasteiger partial charge in [-0.1, -0.05) is 166 Å². The van der Waals surface area contributed by atoms with E-state index in [1.54, 1.807) is 0 Å². The van der Waals surface area contributed by atoms with E-state index in [4.69, 9.17) is 10.2 Å². The van der Waals surface area contributed by atoms with Crippen molar-refractivity contribution in [3.05, 3.63) is 169 Å². The number of rotatable bonds is 8. The van der Waals surface area contributed by atoms with Gasteiger partial charge in [0.25, 0.3) is 0 Å². The molecule has 0 atom stereocenters. The first kappa shape index (κ1) is 36.1. The van der Waals surface area contributed by atoms with Crippen molar-refractivity contribution in [2.24, 2.45) is 0 Å². The zero-order valence-electron chi connectivity index (χ0n) is 33.4. The molecule has 2 aliphatic rings. The van der Waals surface area contributed by atoms with Crippen LogP contribution in [0.25, 0.3) is 76.6 Å². The molecule has 5 heteroatoms. The highest BCUT2D eigenvalue weighted by molar-refractivity contribution is 7.26. The van der Waals surface area contributed by atoms with Crippen molar-refractivity contribution in [2.45, 2.75) is 76.0 Å². The maximum atomic E-state index is 5.45. The lowest BCUT2D eigenvalue weighted by atomic mass is 9.81. The second-order valence-electron chi connectivity index (χ2n) is 16.7. The van der Waals surface area contributed by atoms with Crippen LogP contribution in [0.15, 0.2) is 158 Å². The van der Waals surface area contributed by atoms with Gasteiger partial charge in [-0.15, -0.1) is 11.3 Å². The Balaban J connectivity index is 1.20. The van der Waals surface area contributed by atoms with Crippen LogP contribution in [0.4, 0.5) is 0 Å². The molecular weight excluding hydrogens is 737 g/mol. The number of benzene rings is 6. The summed E-state index contributed by atoms with van der Waals surface area (Å²) in [4.78, 5) is 0. The van der Waals surface area contributed by atoms with Crippen molar-refractivity contribution < 1.29 is 0 Å². The molecule has 0 N–H and O–H groups in total. The summed E-state index contributed by atoms with van der Waals surface area (Å²) in [6, 6.07) is 57.3. The zero-order valence-corrected chi connectivity index (χ0v) is 34.3. The summed E-state index contributed by atoms with van der Waals surface area (Å²) in [5.41, 5.74) is 14.1. The van der Waals surface area contributed by atoms with E-state index in [1.807, 2.05) is 11.3 Å². The van der Waals surface area contributed by atoms with E-state index in [0.29, 0.717) is 11.8 Å². The number of aromatic nitrogens is 4. The molecule has 11 rings (SSSR count). The largest absolute Gasteiger partial charge is 0.232 e. The minimum atomic E-state index is 0.513. The highest BCUT2D eigenvalue weighted by atomic mass is 32.1. The van der Waals surface area contributed by atoms with Crippen LogP contribution in [-0.4, -0.2) is 19.6 Å². The van der Waals surface area contributed by atoms with Crippen molar-refractivity contribution in [1.29, 1.82) is 0 Å². The SMILES string of the molecule is c1ccc(-c2cc(-c3ccccc3)n(-c3cc(C4CCCCC4)c4sc5c(-n6nc(-c7ccccc7)cc6-c6ccccc6)ccc(C6CCCCC6)c5c4c3)n2)cc1. The fourth-order valence-corrected chi connectivity index (χ4v) is 11.4. The average molecular weight is 785 g/mol. The van der Waals surface area contributed by atoms with Crippen LogP contribution in [0, 0.1) is 0 Å². The van der Waals surface area contributed by atoms with Gasteiger partial charge in [-0.25, -0.2) is 9.36 Å². The molecule has 4 nitrogen and oxygen atoms in total. The molecule has 3 heterocycles. The smallest absolute Gasteiger partial charge is 0.0934 e. The molecule has 0 saturated heterocycles. The summed E-state index contributed by atoms with van der Waals surface area (Å²) in [6.45, 7) is 0. The Hall–Kier alpha value is -6.04. The third-order valence-corrected chi connectivity index (χ3v) is 14.3. The van der Waals surface area contributed by atoms with Gasteiger partial charge in [0.1, 0.15) is 0 Å².